The second-order valence-electron chi connectivity index (χ2n) is 6.92. The summed E-state index contributed by atoms with van der Waals surface area (Å²) in [6.45, 7) is 4.22. The van der Waals surface area contributed by atoms with Crippen LogP contribution in [0.15, 0.2) is 42.0 Å². The molecule has 8 heteroatoms. The Kier molecular flexibility index (Phi) is 4.95. The number of rotatable bonds is 6. The minimum absolute atomic E-state index is 0.197. The summed E-state index contributed by atoms with van der Waals surface area (Å²) in [5.74, 6) is 0.796. The van der Waals surface area contributed by atoms with Gasteiger partial charge in [-0.15, -0.1) is 11.3 Å². The standard InChI is InChI=1S/C20H22N6OS/c1-4-12(2)17(18-22-14-7-5-6-8-15(14)23-18)25-19(27)16-11-28-20(24-16)13-9-21-26(3)10-13/h5-12,17H,4H2,1-3H3,(H,22,23)(H,25,27). The minimum atomic E-state index is -0.214. The average molecular weight is 395 g/mol. The average Bonchev–Trinajstić information content (AvgIpc) is 3.43. The van der Waals surface area contributed by atoms with Gasteiger partial charge in [-0.2, -0.15) is 5.10 Å². The van der Waals surface area contributed by atoms with Crippen molar-refractivity contribution in [1.82, 2.24) is 30.0 Å². The maximum Gasteiger partial charge on any atom is 0.271 e. The second kappa shape index (κ2) is 7.55. The molecule has 0 saturated heterocycles. The molecule has 2 N–H and O–H groups in total. The number of aromatic nitrogens is 5. The third-order valence-corrected chi connectivity index (χ3v) is 5.78. The Morgan fingerprint density at radius 3 is 2.86 bits per heavy atom. The van der Waals surface area contributed by atoms with E-state index in [9.17, 15) is 4.79 Å². The quantitative estimate of drug-likeness (QED) is 0.518. The predicted octanol–water partition coefficient (Wildman–Crippen LogP) is 3.94. The first-order valence-electron chi connectivity index (χ1n) is 9.25. The number of nitrogens with one attached hydrogen (secondary N) is 2. The van der Waals surface area contributed by atoms with Crippen LogP contribution in [0.3, 0.4) is 0 Å². The van der Waals surface area contributed by atoms with Crippen LogP contribution in [0, 0.1) is 5.92 Å². The predicted molar refractivity (Wildman–Crippen MR) is 110 cm³/mol. The molecule has 4 aromatic rings. The SMILES string of the molecule is CCC(C)C(NC(=O)c1csc(-c2cnn(C)c2)n1)c1nc2ccccc2[nH]1. The lowest BCUT2D eigenvalue weighted by Gasteiger charge is -2.22. The number of aromatic amines is 1. The molecule has 3 heterocycles. The lowest BCUT2D eigenvalue weighted by molar-refractivity contribution is 0.0916. The van der Waals surface area contributed by atoms with Crippen LogP contribution >= 0.6 is 11.3 Å². The van der Waals surface area contributed by atoms with E-state index in [1.165, 1.54) is 11.3 Å². The first-order chi connectivity index (χ1) is 13.5. The summed E-state index contributed by atoms with van der Waals surface area (Å²) in [4.78, 5) is 25.4. The van der Waals surface area contributed by atoms with E-state index >= 15 is 0 Å². The summed E-state index contributed by atoms with van der Waals surface area (Å²) in [5.41, 5.74) is 3.18. The summed E-state index contributed by atoms with van der Waals surface area (Å²) in [7, 11) is 1.86. The van der Waals surface area contributed by atoms with E-state index in [1.54, 1.807) is 16.3 Å². The van der Waals surface area contributed by atoms with Crippen LogP contribution in [0.2, 0.25) is 0 Å². The molecule has 1 amide bonds. The fourth-order valence-corrected chi connectivity index (χ4v) is 3.87. The summed E-state index contributed by atoms with van der Waals surface area (Å²) >= 11 is 1.44. The fourth-order valence-electron chi connectivity index (χ4n) is 3.09. The molecule has 2 unspecified atom stereocenters. The van der Waals surface area contributed by atoms with Gasteiger partial charge in [-0.3, -0.25) is 9.48 Å². The number of hydrogen-bond donors (Lipinski definition) is 2. The maximum absolute atomic E-state index is 12.9. The maximum atomic E-state index is 12.9. The van der Waals surface area contributed by atoms with E-state index in [0.717, 1.165) is 33.8 Å². The number of hydrogen-bond acceptors (Lipinski definition) is 5. The minimum Gasteiger partial charge on any atom is -0.340 e. The van der Waals surface area contributed by atoms with Crippen molar-refractivity contribution in [2.75, 3.05) is 0 Å². The summed E-state index contributed by atoms with van der Waals surface area (Å²) < 4.78 is 1.72. The highest BCUT2D eigenvalue weighted by molar-refractivity contribution is 7.13. The van der Waals surface area contributed by atoms with Gasteiger partial charge in [-0.05, 0) is 18.1 Å². The molecule has 3 aromatic heterocycles. The zero-order valence-electron chi connectivity index (χ0n) is 16.0. The number of carbonyl (C=O) groups excluding carboxylic acids is 1. The Labute approximate surface area is 166 Å². The normalized spacial score (nSPS) is 13.5. The van der Waals surface area contributed by atoms with E-state index in [0.29, 0.717) is 5.69 Å². The Bertz CT molecular complexity index is 1080. The van der Waals surface area contributed by atoms with Gasteiger partial charge in [0.15, 0.2) is 0 Å². The van der Waals surface area contributed by atoms with Crippen molar-refractivity contribution < 1.29 is 4.79 Å². The van der Waals surface area contributed by atoms with E-state index < -0.39 is 0 Å². The van der Waals surface area contributed by atoms with Crippen molar-refractivity contribution in [2.45, 2.75) is 26.3 Å². The highest BCUT2D eigenvalue weighted by Crippen LogP contribution is 2.26. The molecule has 144 valence electrons. The lowest BCUT2D eigenvalue weighted by atomic mass is 9.98. The highest BCUT2D eigenvalue weighted by atomic mass is 32.1. The van der Waals surface area contributed by atoms with Gasteiger partial charge >= 0.3 is 0 Å². The van der Waals surface area contributed by atoms with E-state index in [4.69, 9.17) is 0 Å². The lowest BCUT2D eigenvalue weighted by Crippen LogP contribution is -2.33. The summed E-state index contributed by atoms with van der Waals surface area (Å²) in [5, 5.41) is 9.84. The van der Waals surface area contributed by atoms with Gasteiger partial charge in [-0.25, -0.2) is 9.97 Å². The number of H-pyrrole nitrogens is 1. The molecule has 2 atom stereocenters. The molecule has 4 rings (SSSR count). The van der Waals surface area contributed by atoms with Crippen LogP contribution in [0.1, 0.15) is 42.6 Å². The van der Waals surface area contributed by atoms with Gasteiger partial charge in [-0.1, -0.05) is 32.4 Å². The number of aryl methyl sites for hydroxylation is 1. The first-order valence-corrected chi connectivity index (χ1v) is 10.1. The number of imidazole rings is 1. The highest BCUT2D eigenvalue weighted by Gasteiger charge is 2.25. The third-order valence-electron chi connectivity index (χ3n) is 4.89. The van der Waals surface area contributed by atoms with Crippen LogP contribution in [0.4, 0.5) is 0 Å². The van der Waals surface area contributed by atoms with E-state index in [-0.39, 0.29) is 17.9 Å². The summed E-state index contributed by atoms with van der Waals surface area (Å²) in [6.07, 6.45) is 4.55. The Morgan fingerprint density at radius 2 is 2.14 bits per heavy atom. The van der Waals surface area contributed by atoms with Gasteiger partial charge in [0.1, 0.15) is 16.5 Å². The number of carbonyl (C=O) groups is 1. The van der Waals surface area contributed by atoms with Crippen LogP contribution in [-0.4, -0.2) is 30.6 Å². The van der Waals surface area contributed by atoms with Gasteiger partial charge in [0, 0.05) is 24.2 Å². The number of nitrogens with zero attached hydrogens (tertiary/aromatic N) is 4. The molecule has 0 radical (unpaired) electrons. The zero-order chi connectivity index (χ0) is 19.7. The number of benzene rings is 1. The van der Waals surface area contributed by atoms with E-state index in [1.807, 2.05) is 37.5 Å². The monoisotopic (exact) mass is 394 g/mol. The largest absolute Gasteiger partial charge is 0.340 e. The van der Waals surface area contributed by atoms with Crippen molar-refractivity contribution in [3.05, 3.63) is 53.6 Å². The molecular formula is C20H22N6OS. The molecule has 0 aliphatic carbocycles. The van der Waals surface area contributed by atoms with Gasteiger partial charge in [0.2, 0.25) is 0 Å². The van der Waals surface area contributed by atoms with Crippen LogP contribution in [0.5, 0.6) is 0 Å². The number of fused-ring (bicyclic) bond motifs is 1. The fraction of sp³-hybridized carbons (Fsp3) is 0.300. The third kappa shape index (κ3) is 3.55. The van der Waals surface area contributed by atoms with Crippen molar-refractivity contribution >= 4 is 28.3 Å². The molecule has 0 saturated carbocycles. The Hall–Kier alpha value is -3.00. The first kappa shape index (κ1) is 18.4. The molecular weight excluding hydrogens is 372 g/mol. The second-order valence-corrected chi connectivity index (χ2v) is 7.77. The van der Waals surface area contributed by atoms with Gasteiger partial charge in [0.25, 0.3) is 5.91 Å². The molecule has 0 aliphatic heterocycles. The van der Waals surface area contributed by atoms with Crippen LogP contribution in [-0.2, 0) is 7.05 Å². The van der Waals surface area contributed by atoms with Crippen molar-refractivity contribution in [2.24, 2.45) is 13.0 Å². The Morgan fingerprint density at radius 1 is 1.32 bits per heavy atom. The molecule has 0 spiro atoms. The van der Waals surface area contributed by atoms with Crippen molar-refractivity contribution in [1.29, 1.82) is 0 Å². The van der Waals surface area contributed by atoms with Gasteiger partial charge in [0.05, 0.1) is 23.3 Å². The zero-order valence-corrected chi connectivity index (χ0v) is 16.8. The Balaban J connectivity index is 1.58. The molecule has 28 heavy (non-hydrogen) atoms. The molecule has 7 nitrogen and oxygen atoms in total. The van der Waals surface area contributed by atoms with Gasteiger partial charge < -0.3 is 10.3 Å². The topological polar surface area (TPSA) is 88.5 Å². The molecule has 0 bridgehead atoms. The van der Waals surface area contributed by atoms with E-state index in [2.05, 4.69) is 39.2 Å². The summed E-state index contributed by atoms with van der Waals surface area (Å²) in [6, 6.07) is 7.66. The number of amides is 1. The number of para-hydroxylation sites is 2. The van der Waals surface area contributed by atoms with Crippen LogP contribution < -0.4 is 5.32 Å². The van der Waals surface area contributed by atoms with Crippen molar-refractivity contribution in [3.8, 4) is 10.6 Å². The number of thiazole rings is 1. The molecule has 1 aromatic carbocycles. The van der Waals surface area contributed by atoms with Crippen molar-refractivity contribution in [3.63, 3.8) is 0 Å². The van der Waals surface area contributed by atoms with Crippen LogP contribution in [0.25, 0.3) is 21.6 Å². The molecule has 0 aliphatic rings. The molecule has 0 fully saturated rings. The smallest absolute Gasteiger partial charge is 0.271 e.